The van der Waals surface area contributed by atoms with Gasteiger partial charge in [0.1, 0.15) is 30.4 Å². The molecule has 0 aromatic carbocycles. The lowest BCUT2D eigenvalue weighted by Crippen LogP contribution is -2.67. The minimum absolute atomic E-state index is 0.0249. The highest BCUT2D eigenvalue weighted by Crippen LogP contribution is 2.48. The Morgan fingerprint density at radius 3 is 2.38 bits per heavy atom. The Morgan fingerprint density at radius 2 is 1.83 bits per heavy atom. The van der Waals surface area contributed by atoms with Crippen LogP contribution >= 0.6 is 0 Å². The third kappa shape index (κ3) is 2.69. The van der Waals surface area contributed by atoms with E-state index in [1.54, 1.807) is 13.8 Å². The maximum atomic E-state index is 13.5. The molecule has 0 saturated carbocycles. The lowest BCUT2D eigenvalue weighted by Gasteiger charge is -2.41. The molecule has 0 bridgehead atoms. The number of aliphatic hydroxyl groups excluding tert-OH is 2. The summed E-state index contributed by atoms with van der Waals surface area (Å²) >= 11 is 0. The number of aliphatic hydroxyl groups is 3. The van der Waals surface area contributed by atoms with E-state index in [2.05, 4.69) is 15.0 Å². The molecule has 3 heterocycles. The van der Waals surface area contributed by atoms with E-state index in [1.807, 2.05) is 0 Å². The van der Waals surface area contributed by atoms with Crippen LogP contribution < -0.4 is 5.73 Å². The van der Waals surface area contributed by atoms with Gasteiger partial charge < -0.3 is 25.8 Å². The van der Waals surface area contributed by atoms with E-state index in [0.29, 0.717) is 0 Å². The monoisotopic (exact) mass is 407 g/mol. The highest BCUT2D eigenvalue weighted by atomic mass is 16.6. The molecule has 5 N–H and O–H groups in total. The standard InChI is InChI=1S/C18H25N5O6/c1-8(2)12(25)17(28)14(27)10(5-24)29-18(17,13(26)9(3)4)23-7-22-11-15(19)20-6-21-16(11)23/h6-10,14,24,27-28H,5H2,1-4H3,(H2,19,20,21)/t10-,14-,17-,18-/m1/s1. The molecule has 0 radical (unpaired) electrons. The Labute approximate surface area is 166 Å². The van der Waals surface area contributed by atoms with Crippen molar-refractivity contribution in [1.82, 2.24) is 19.5 Å². The Kier molecular flexibility index (Phi) is 5.20. The number of hydrogen-bond donors (Lipinski definition) is 4. The van der Waals surface area contributed by atoms with Crippen molar-refractivity contribution in [2.45, 2.75) is 51.2 Å². The maximum absolute atomic E-state index is 13.5. The van der Waals surface area contributed by atoms with E-state index in [4.69, 9.17) is 10.5 Å². The second-order valence-electron chi connectivity index (χ2n) is 7.78. The average Bonchev–Trinajstić information content (AvgIpc) is 3.21. The Bertz CT molecular complexity index is 959. The van der Waals surface area contributed by atoms with Crippen LogP contribution in [0, 0.1) is 11.8 Å². The van der Waals surface area contributed by atoms with E-state index >= 15 is 0 Å². The number of nitrogens with two attached hydrogens (primary N) is 1. The summed E-state index contributed by atoms with van der Waals surface area (Å²) in [5.74, 6) is -2.97. The molecule has 0 spiro atoms. The zero-order valence-electron chi connectivity index (χ0n) is 16.6. The number of ether oxygens (including phenoxy) is 1. The first kappa shape index (κ1) is 21.2. The lowest BCUT2D eigenvalue weighted by atomic mass is 9.74. The number of aromatic nitrogens is 4. The predicted molar refractivity (Wildman–Crippen MR) is 100 cm³/mol. The average molecular weight is 407 g/mol. The van der Waals surface area contributed by atoms with Crippen LogP contribution in [-0.2, 0) is 20.1 Å². The van der Waals surface area contributed by atoms with Gasteiger partial charge in [-0.3, -0.25) is 14.2 Å². The molecule has 0 aliphatic carbocycles. The van der Waals surface area contributed by atoms with Crippen LogP contribution in [0.2, 0.25) is 0 Å². The highest BCUT2D eigenvalue weighted by molar-refractivity contribution is 6.01. The van der Waals surface area contributed by atoms with Gasteiger partial charge in [-0.2, -0.15) is 0 Å². The summed E-state index contributed by atoms with van der Waals surface area (Å²) < 4.78 is 6.91. The van der Waals surface area contributed by atoms with Gasteiger partial charge in [-0.05, 0) is 0 Å². The van der Waals surface area contributed by atoms with Crippen LogP contribution in [-0.4, -0.2) is 70.8 Å². The van der Waals surface area contributed by atoms with Crippen molar-refractivity contribution in [1.29, 1.82) is 0 Å². The zero-order valence-corrected chi connectivity index (χ0v) is 16.6. The fraction of sp³-hybridized carbons (Fsp3) is 0.611. The highest BCUT2D eigenvalue weighted by Gasteiger charge is 2.74. The number of rotatable bonds is 6. The first-order valence-corrected chi connectivity index (χ1v) is 9.25. The Balaban J connectivity index is 2.43. The van der Waals surface area contributed by atoms with Crippen molar-refractivity contribution >= 4 is 28.5 Å². The molecule has 0 unspecified atom stereocenters. The molecule has 0 amide bonds. The molecule has 1 saturated heterocycles. The summed E-state index contributed by atoms with van der Waals surface area (Å²) in [7, 11) is 0. The predicted octanol–water partition coefficient (Wildman–Crippen LogP) is -1.01. The van der Waals surface area contributed by atoms with Gasteiger partial charge in [0, 0.05) is 11.8 Å². The van der Waals surface area contributed by atoms with Crippen LogP contribution in [0.4, 0.5) is 5.82 Å². The van der Waals surface area contributed by atoms with Crippen LogP contribution in [0.5, 0.6) is 0 Å². The van der Waals surface area contributed by atoms with Gasteiger partial charge in [0.25, 0.3) is 0 Å². The second kappa shape index (κ2) is 7.10. The minimum atomic E-state index is -2.71. The summed E-state index contributed by atoms with van der Waals surface area (Å²) in [6.45, 7) is 5.45. The smallest absolute Gasteiger partial charge is 0.247 e. The number of imidazole rings is 1. The van der Waals surface area contributed by atoms with E-state index in [9.17, 15) is 24.9 Å². The SMILES string of the molecule is CC(C)C(=O)[C@@]1(O)[C@H](O)[C@@H](CO)O[C@@]1(C(=O)C(C)C)n1cnc2c(N)ncnc21. The fourth-order valence-corrected chi connectivity index (χ4v) is 3.81. The van der Waals surface area contributed by atoms with Crippen molar-refractivity contribution in [3.63, 3.8) is 0 Å². The number of ketones is 2. The quantitative estimate of drug-likeness (QED) is 0.465. The summed E-state index contributed by atoms with van der Waals surface area (Å²) in [6.07, 6.45) is -0.980. The summed E-state index contributed by atoms with van der Waals surface area (Å²) in [6, 6.07) is 0. The second-order valence-corrected chi connectivity index (χ2v) is 7.78. The number of hydrogen-bond acceptors (Lipinski definition) is 10. The van der Waals surface area contributed by atoms with Crippen LogP contribution in [0.15, 0.2) is 12.7 Å². The van der Waals surface area contributed by atoms with Gasteiger partial charge in [-0.1, -0.05) is 27.7 Å². The molecular formula is C18H25N5O6. The molecule has 29 heavy (non-hydrogen) atoms. The Hall–Kier alpha value is -2.47. The number of nitrogens with zero attached hydrogens (tertiary/aromatic N) is 4. The van der Waals surface area contributed by atoms with E-state index in [0.717, 1.165) is 17.2 Å². The van der Waals surface area contributed by atoms with Gasteiger partial charge in [0.2, 0.25) is 11.3 Å². The molecule has 4 atom stereocenters. The maximum Gasteiger partial charge on any atom is 0.247 e. The number of carbonyl (C=O) groups is 2. The molecule has 1 aliphatic rings. The van der Waals surface area contributed by atoms with Crippen LogP contribution in [0.1, 0.15) is 27.7 Å². The van der Waals surface area contributed by atoms with Crippen molar-refractivity contribution < 1.29 is 29.6 Å². The van der Waals surface area contributed by atoms with Crippen LogP contribution in [0.3, 0.4) is 0 Å². The van der Waals surface area contributed by atoms with Gasteiger partial charge in [-0.15, -0.1) is 0 Å². The largest absolute Gasteiger partial charge is 0.394 e. The van der Waals surface area contributed by atoms with Crippen molar-refractivity contribution in [3.05, 3.63) is 12.7 Å². The summed E-state index contributed by atoms with van der Waals surface area (Å²) in [5, 5.41) is 32.2. The van der Waals surface area contributed by atoms with Gasteiger partial charge in [0.05, 0.1) is 6.61 Å². The molecule has 1 fully saturated rings. The van der Waals surface area contributed by atoms with E-state index in [-0.39, 0.29) is 17.0 Å². The Morgan fingerprint density at radius 1 is 1.21 bits per heavy atom. The van der Waals surface area contributed by atoms with Gasteiger partial charge in [0.15, 0.2) is 23.0 Å². The number of fused-ring (bicyclic) bond motifs is 1. The number of Topliss-reactive ketones (excluding diaryl/α,β-unsaturated/α-hetero) is 2. The molecular weight excluding hydrogens is 382 g/mol. The minimum Gasteiger partial charge on any atom is -0.394 e. The summed E-state index contributed by atoms with van der Waals surface area (Å²) in [4.78, 5) is 38.7. The lowest BCUT2D eigenvalue weighted by molar-refractivity contribution is -0.205. The molecule has 11 heteroatoms. The topological polar surface area (TPSA) is 174 Å². The first-order chi connectivity index (χ1) is 13.5. The van der Waals surface area contributed by atoms with Gasteiger partial charge in [-0.25, -0.2) is 15.0 Å². The van der Waals surface area contributed by atoms with Crippen molar-refractivity contribution in [2.24, 2.45) is 11.8 Å². The first-order valence-electron chi connectivity index (χ1n) is 9.25. The molecule has 1 aliphatic heterocycles. The third-order valence-electron chi connectivity index (χ3n) is 5.26. The van der Waals surface area contributed by atoms with Gasteiger partial charge >= 0.3 is 0 Å². The molecule has 11 nitrogen and oxygen atoms in total. The van der Waals surface area contributed by atoms with Crippen LogP contribution in [0.25, 0.3) is 11.2 Å². The molecule has 2 aromatic rings. The van der Waals surface area contributed by atoms with E-state index < -0.39 is 53.5 Å². The van der Waals surface area contributed by atoms with Crippen molar-refractivity contribution in [3.8, 4) is 0 Å². The molecule has 158 valence electrons. The molecule has 3 rings (SSSR count). The number of nitrogen functional groups attached to an aromatic ring is 1. The molecule has 2 aromatic heterocycles. The third-order valence-corrected chi connectivity index (χ3v) is 5.26. The van der Waals surface area contributed by atoms with Crippen molar-refractivity contribution in [2.75, 3.05) is 12.3 Å². The number of anilines is 1. The fourth-order valence-electron chi connectivity index (χ4n) is 3.81. The number of carbonyl (C=O) groups excluding carboxylic acids is 2. The normalized spacial score (nSPS) is 29.8. The zero-order chi connectivity index (χ0) is 21.7. The summed E-state index contributed by atoms with van der Waals surface area (Å²) in [5.41, 5.74) is 0.882. The van der Waals surface area contributed by atoms with E-state index in [1.165, 1.54) is 13.8 Å².